The number of para-hydroxylation sites is 1. The average Bonchev–Trinajstić information content (AvgIpc) is 2.53. The first kappa shape index (κ1) is 14.2. The van der Waals surface area contributed by atoms with Crippen LogP contribution in [0.1, 0.15) is 23.6 Å². The Morgan fingerprint density at radius 2 is 1.76 bits per heavy atom. The summed E-state index contributed by atoms with van der Waals surface area (Å²) < 4.78 is 0. The van der Waals surface area contributed by atoms with Gasteiger partial charge in [-0.2, -0.15) is 0 Å². The molecule has 0 saturated carbocycles. The molecule has 1 aliphatic heterocycles. The van der Waals surface area contributed by atoms with Gasteiger partial charge in [0.1, 0.15) is 0 Å². The van der Waals surface area contributed by atoms with Crippen molar-refractivity contribution in [1.29, 1.82) is 0 Å². The lowest BCUT2D eigenvalue weighted by atomic mass is 9.95. The van der Waals surface area contributed by atoms with Crippen LogP contribution in [0.5, 0.6) is 0 Å². The van der Waals surface area contributed by atoms with E-state index in [1.807, 2.05) is 0 Å². The topological polar surface area (TPSA) is 15.3 Å². The van der Waals surface area contributed by atoms with Crippen molar-refractivity contribution in [3.05, 3.63) is 65.2 Å². The van der Waals surface area contributed by atoms with Gasteiger partial charge in [-0.15, -0.1) is 0 Å². The van der Waals surface area contributed by atoms with E-state index in [1.54, 1.807) is 0 Å². The van der Waals surface area contributed by atoms with E-state index in [-0.39, 0.29) is 0 Å². The number of nitrogens with one attached hydrogen (secondary N) is 1. The summed E-state index contributed by atoms with van der Waals surface area (Å²) >= 11 is 0. The van der Waals surface area contributed by atoms with Crippen molar-refractivity contribution in [1.82, 2.24) is 5.32 Å². The summed E-state index contributed by atoms with van der Waals surface area (Å²) in [6.07, 6.45) is 1.12. The zero-order chi connectivity index (χ0) is 14.7. The lowest BCUT2D eigenvalue weighted by molar-refractivity contribution is 0.474. The van der Waals surface area contributed by atoms with Gasteiger partial charge in [0, 0.05) is 31.4 Å². The van der Waals surface area contributed by atoms with Gasteiger partial charge in [0.2, 0.25) is 0 Å². The molecule has 0 radical (unpaired) electrons. The summed E-state index contributed by atoms with van der Waals surface area (Å²) in [5.74, 6) is 0. The number of rotatable bonds is 4. The largest absolute Gasteiger partial charge is 0.370 e. The monoisotopic (exact) mass is 280 g/mol. The highest BCUT2D eigenvalue weighted by atomic mass is 15.2. The third kappa shape index (κ3) is 3.11. The molecule has 2 aromatic rings. The molecule has 2 aromatic carbocycles. The SMILES string of the molecule is CCN(CC1Cc2ccccc2CN1)c1ccccc1C. The lowest BCUT2D eigenvalue weighted by Crippen LogP contribution is -2.45. The van der Waals surface area contributed by atoms with E-state index in [4.69, 9.17) is 0 Å². The third-order valence-corrected chi connectivity index (χ3v) is 4.44. The van der Waals surface area contributed by atoms with E-state index in [9.17, 15) is 0 Å². The van der Waals surface area contributed by atoms with E-state index in [2.05, 4.69) is 72.6 Å². The van der Waals surface area contributed by atoms with E-state index >= 15 is 0 Å². The van der Waals surface area contributed by atoms with Crippen LogP contribution < -0.4 is 10.2 Å². The molecule has 0 fully saturated rings. The molecule has 1 unspecified atom stereocenters. The number of aryl methyl sites for hydroxylation is 1. The fraction of sp³-hybridized carbons (Fsp3) is 0.368. The fourth-order valence-electron chi connectivity index (χ4n) is 3.23. The maximum Gasteiger partial charge on any atom is 0.0396 e. The van der Waals surface area contributed by atoms with Crippen LogP contribution in [0.4, 0.5) is 5.69 Å². The van der Waals surface area contributed by atoms with Crippen molar-refractivity contribution < 1.29 is 0 Å². The summed E-state index contributed by atoms with van der Waals surface area (Å²) in [5.41, 5.74) is 5.67. The van der Waals surface area contributed by atoms with Crippen LogP contribution in [0.15, 0.2) is 48.5 Å². The Morgan fingerprint density at radius 1 is 1.05 bits per heavy atom. The average molecular weight is 280 g/mol. The molecule has 0 spiro atoms. The van der Waals surface area contributed by atoms with Crippen LogP contribution in [0.3, 0.4) is 0 Å². The van der Waals surface area contributed by atoms with Crippen molar-refractivity contribution in [2.75, 3.05) is 18.0 Å². The Balaban J connectivity index is 1.73. The maximum absolute atomic E-state index is 3.69. The Labute approximate surface area is 127 Å². The highest BCUT2D eigenvalue weighted by molar-refractivity contribution is 5.53. The van der Waals surface area contributed by atoms with Crippen LogP contribution in [0.2, 0.25) is 0 Å². The van der Waals surface area contributed by atoms with Gasteiger partial charge in [0.15, 0.2) is 0 Å². The molecule has 1 aliphatic rings. The standard InChI is InChI=1S/C19H24N2/c1-3-21(19-11-7-4-8-15(19)2)14-18-12-16-9-5-6-10-17(16)13-20-18/h4-11,18,20H,3,12-14H2,1-2H3. The van der Waals surface area contributed by atoms with Crippen LogP contribution >= 0.6 is 0 Å². The van der Waals surface area contributed by atoms with Gasteiger partial charge in [0.05, 0.1) is 0 Å². The summed E-state index contributed by atoms with van der Waals surface area (Å²) in [7, 11) is 0. The molecule has 2 heteroatoms. The Hall–Kier alpha value is -1.80. The van der Waals surface area contributed by atoms with E-state index in [0.29, 0.717) is 6.04 Å². The number of hydrogen-bond acceptors (Lipinski definition) is 2. The first-order valence-electron chi connectivity index (χ1n) is 7.88. The van der Waals surface area contributed by atoms with E-state index in [1.165, 1.54) is 22.4 Å². The minimum absolute atomic E-state index is 0.527. The van der Waals surface area contributed by atoms with Crippen molar-refractivity contribution >= 4 is 5.69 Å². The highest BCUT2D eigenvalue weighted by Crippen LogP contribution is 2.22. The number of likely N-dealkylation sites (N-methyl/N-ethyl adjacent to an activating group) is 1. The van der Waals surface area contributed by atoms with Gasteiger partial charge in [-0.05, 0) is 43.0 Å². The quantitative estimate of drug-likeness (QED) is 0.921. The summed E-state index contributed by atoms with van der Waals surface area (Å²) in [6, 6.07) is 18.0. The van der Waals surface area contributed by atoms with Crippen molar-refractivity contribution in [3.8, 4) is 0 Å². The molecule has 0 aromatic heterocycles. The minimum Gasteiger partial charge on any atom is -0.370 e. The Kier molecular flexibility index (Phi) is 4.26. The predicted molar refractivity (Wildman–Crippen MR) is 89.8 cm³/mol. The van der Waals surface area contributed by atoms with Crippen LogP contribution in [-0.4, -0.2) is 19.1 Å². The molecule has 0 saturated heterocycles. The van der Waals surface area contributed by atoms with Gasteiger partial charge in [-0.25, -0.2) is 0 Å². The summed E-state index contributed by atoms with van der Waals surface area (Å²) in [4.78, 5) is 2.49. The molecule has 110 valence electrons. The molecular weight excluding hydrogens is 256 g/mol. The van der Waals surface area contributed by atoms with Crippen LogP contribution in [0.25, 0.3) is 0 Å². The first-order chi connectivity index (χ1) is 10.3. The smallest absolute Gasteiger partial charge is 0.0396 e. The molecule has 0 aliphatic carbocycles. The normalized spacial score (nSPS) is 17.3. The molecule has 3 rings (SSSR count). The molecule has 0 bridgehead atoms. The summed E-state index contributed by atoms with van der Waals surface area (Å²) in [5, 5.41) is 3.69. The number of nitrogens with zero attached hydrogens (tertiary/aromatic N) is 1. The second-order valence-corrected chi connectivity index (χ2v) is 5.88. The molecular formula is C19H24N2. The van der Waals surface area contributed by atoms with Crippen LogP contribution in [-0.2, 0) is 13.0 Å². The van der Waals surface area contributed by atoms with Crippen molar-refractivity contribution in [2.45, 2.75) is 32.9 Å². The number of anilines is 1. The molecule has 1 atom stereocenters. The van der Waals surface area contributed by atoms with Crippen LogP contribution in [0, 0.1) is 6.92 Å². The molecule has 1 N–H and O–H groups in total. The third-order valence-electron chi connectivity index (χ3n) is 4.44. The minimum atomic E-state index is 0.527. The number of fused-ring (bicyclic) bond motifs is 1. The fourth-order valence-corrected chi connectivity index (χ4v) is 3.23. The van der Waals surface area contributed by atoms with Crippen molar-refractivity contribution in [3.63, 3.8) is 0 Å². The predicted octanol–water partition coefficient (Wildman–Crippen LogP) is 3.54. The second-order valence-electron chi connectivity index (χ2n) is 5.88. The van der Waals surface area contributed by atoms with E-state index in [0.717, 1.165) is 26.1 Å². The molecule has 0 amide bonds. The van der Waals surface area contributed by atoms with Gasteiger partial charge >= 0.3 is 0 Å². The second kappa shape index (κ2) is 6.31. The molecule has 1 heterocycles. The Bertz CT molecular complexity index is 606. The zero-order valence-corrected chi connectivity index (χ0v) is 13.0. The Morgan fingerprint density at radius 3 is 2.52 bits per heavy atom. The highest BCUT2D eigenvalue weighted by Gasteiger charge is 2.20. The summed E-state index contributed by atoms with van der Waals surface area (Å²) in [6.45, 7) is 7.54. The lowest BCUT2D eigenvalue weighted by Gasteiger charge is -2.33. The van der Waals surface area contributed by atoms with Gasteiger partial charge in [0.25, 0.3) is 0 Å². The zero-order valence-electron chi connectivity index (χ0n) is 13.0. The molecule has 21 heavy (non-hydrogen) atoms. The number of hydrogen-bond donors (Lipinski definition) is 1. The molecule has 2 nitrogen and oxygen atoms in total. The van der Waals surface area contributed by atoms with Gasteiger partial charge in [-0.1, -0.05) is 42.5 Å². The maximum atomic E-state index is 3.69. The van der Waals surface area contributed by atoms with E-state index < -0.39 is 0 Å². The van der Waals surface area contributed by atoms with Gasteiger partial charge < -0.3 is 10.2 Å². The first-order valence-corrected chi connectivity index (χ1v) is 7.88. The number of benzene rings is 2. The van der Waals surface area contributed by atoms with Crippen molar-refractivity contribution in [2.24, 2.45) is 0 Å². The van der Waals surface area contributed by atoms with Gasteiger partial charge in [-0.3, -0.25) is 0 Å².